The van der Waals surface area contributed by atoms with Gasteiger partial charge in [-0.15, -0.1) is 0 Å². The fourth-order valence-corrected chi connectivity index (χ4v) is 4.53. The zero-order chi connectivity index (χ0) is 22.6. The molecule has 7 nitrogen and oxygen atoms in total. The normalized spacial score (nSPS) is 11.0. The van der Waals surface area contributed by atoms with Gasteiger partial charge in [-0.25, -0.2) is 12.8 Å². The summed E-state index contributed by atoms with van der Waals surface area (Å²) in [5.41, 5.74) is 5.48. The molecule has 3 rings (SSSR count). The van der Waals surface area contributed by atoms with Crippen LogP contribution >= 0.6 is 0 Å². The number of hydrogen-bond acceptors (Lipinski definition) is 4. The van der Waals surface area contributed by atoms with Gasteiger partial charge in [0.2, 0.25) is 0 Å². The van der Waals surface area contributed by atoms with E-state index in [0.717, 1.165) is 12.1 Å². The SMILES string of the molecule is CCN(c1ccccc1)S(=O)(=O)c1cccc(C(=O)Nc2ccc(F)c(C(N)=O)c2)c1. The second-order valence-corrected chi connectivity index (χ2v) is 8.41. The van der Waals surface area contributed by atoms with E-state index >= 15 is 0 Å². The standard InChI is InChI=1S/C22H20FN3O4S/c1-2-26(17-8-4-3-5-9-17)31(29,30)18-10-6-7-15(13-18)22(28)25-16-11-12-20(23)19(14-16)21(24)27/h3-14H,2H2,1H3,(H2,24,27)(H,25,28). The van der Waals surface area contributed by atoms with Gasteiger partial charge in [-0.1, -0.05) is 24.3 Å². The number of anilines is 2. The van der Waals surface area contributed by atoms with Crippen LogP contribution in [0.2, 0.25) is 0 Å². The number of nitrogens with two attached hydrogens (primary N) is 1. The van der Waals surface area contributed by atoms with Crippen molar-refractivity contribution in [3.63, 3.8) is 0 Å². The molecule has 3 aromatic rings. The van der Waals surface area contributed by atoms with E-state index < -0.39 is 27.7 Å². The summed E-state index contributed by atoms with van der Waals surface area (Å²) in [5.74, 6) is -2.40. The minimum atomic E-state index is -3.91. The number of hydrogen-bond donors (Lipinski definition) is 2. The number of carbonyl (C=O) groups is 2. The summed E-state index contributed by atoms with van der Waals surface area (Å²) in [4.78, 5) is 23.9. The second-order valence-electron chi connectivity index (χ2n) is 6.55. The van der Waals surface area contributed by atoms with Gasteiger partial charge in [0.1, 0.15) is 5.82 Å². The first-order valence-electron chi connectivity index (χ1n) is 9.32. The quantitative estimate of drug-likeness (QED) is 0.586. The molecule has 0 fully saturated rings. The first-order chi connectivity index (χ1) is 14.7. The highest BCUT2D eigenvalue weighted by atomic mass is 32.2. The number of nitrogens with one attached hydrogen (secondary N) is 1. The lowest BCUT2D eigenvalue weighted by atomic mass is 10.1. The van der Waals surface area contributed by atoms with Crippen molar-refractivity contribution in [3.8, 4) is 0 Å². The van der Waals surface area contributed by atoms with Crippen molar-refractivity contribution >= 4 is 33.2 Å². The zero-order valence-electron chi connectivity index (χ0n) is 16.6. The van der Waals surface area contributed by atoms with Crippen LogP contribution in [0, 0.1) is 5.82 Å². The Morgan fingerprint density at radius 1 is 1.00 bits per heavy atom. The maximum absolute atomic E-state index is 13.6. The average Bonchev–Trinajstić information content (AvgIpc) is 2.76. The van der Waals surface area contributed by atoms with Gasteiger partial charge in [-0.3, -0.25) is 13.9 Å². The van der Waals surface area contributed by atoms with Crippen LogP contribution in [0.5, 0.6) is 0 Å². The minimum Gasteiger partial charge on any atom is -0.366 e. The van der Waals surface area contributed by atoms with Crippen LogP contribution < -0.4 is 15.4 Å². The molecule has 160 valence electrons. The molecular formula is C22H20FN3O4S. The van der Waals surface area contributed by atoms with E-state index in [-0.39, 0.29) is 28.3 Å². The highest BCUT2D eigenvalue weighted by Crippen LogP contribution is 2.24. The molecule has 0 aliphatic carbocycles. The van der Waals surface area contributed by atoms with E-state index in [1.165, 1.54) is 34.6 Å². The Hall–Kier alpha value is -3.72. The van der Waals surface area contributed by atoms with Crippen LogP contribution in [-0.4, -0.2) is 26.8 Å². The largest absolute Gasteiger partial charge is 0.366 e. The number of benzene rings is 3. The van der Waals surface area contributed by atoms with E-state index in [0.29, 0.717) is 5.69 Å². The average molecular weight is 441 g/mol. The fraction of sp³-hybridized carbons (Fsp3) is 0.0909. The molecule has 0 aliphatic rings. The Kier molecular flexibility index (Phi) is 6.36. The highest BCUT2D eigenvalue weighted by Gasteiger charge is 2.24. The van der Waals surface area contributed by atoms with Gasteiger partial charge in [0.15, 0.2) is 0 Å². The number of rotatable bonds is 7. The first-order valence-corrected chi connectivity index (χ1v) is 10.8. The van der Waals surface area contributed by atoms with Gasteiger partial charge in [0.25, 0.3) is 21.8 Å². The summed E-state index contributed by atoms with van der Waals surface area (Å²) in [6.45, 7) is 1.92. The van der Waals surface area contributed by atoms with Crippen molar-refractivity contribution in [2.45, 2.75) is 11.8 Å². The van der Waals surface area contributed by atoms with E-state index in [1.807, 2.05) is 0 Å². The number of halogens is 1. The molecule has 3 N–H and O–H groups in total. The number of nitrogens with zero attached hydrogens (tertiary/aromatic N) is 1. The Balaban J connectivity index is 1.90. The minimum absolute atomic E-state index is 0.0530. The third-order valence-electron chi connectivity index (χ3n) is 4.51. The topological polar surface area (TPSA) is 110 Å². The molecule has 0 radical (unpaired) electrons. The summed E-state index contributed by atoms with van der Waals surface area (Å²) in [5, 5.41) is 2.51. The van der Waals surface area contributed by atoms with Gasteiger partial charge in [0, 0.05) is 17.8 Å². The Morgan fingerprint density at radius 3 is 2.35 bits per heavy atom. The predicted molar refractivity (Wildman–Crippen MR) is 116 cm³/mol. The number of sulfonamides is 1. The molecule has 0 aliphatic heterocycles. The van der Waals surface area contributed by atoms with E-state index in [1.54, 1.807) is 37.3 Å². The van der Waals surface area contributed by atoms with E-state index in [4.69, 9.17) is 5.73 Å². The lowest BCUT2D eigenvalue weighted by Crippen LogP contribution is -2.31. The van der Waals surface area contributed by atoms with E-state index in [2.05, 4.69) is 5.32 Å². The molecule has 0 unspecified atom stereocenters. The third-order valence-corrected chi connectivity index (χ3v) is 6.40. The van der Waals surface area contributed by atoms with Crippen LogP contribution in [0.1, 0.15) is 27.6 Å². The van der Waals surface area contributed by atoms with Crippen molar-refractivity contribution in [1.82, 2.24) is 0 Å². The number of carbonyl (C=O) groups excluding carboxylic acids is 2. The summed E-state index contributed by atoms with van der Waals surface area (Å²) >= 11 is 0. The fourth-order valence-electron chi connectivity index (χ4n) is 3.01. The van der Waals surface area contributed by atoms with Crippen molar-refractivity contribution in [1.29, 1.82) is 0 Å². The zero-order valence-corrected chi connectivity index (χ0v) is 17.4. The van der Waals surface area contributed by atoms with E-state index in [9.17, 15) is 22.4 Å². The number of amides is 2. The Labute approximate surface area is 179 Å². The maximum atomic E-state index is 13.6. The van der Waals surface area contributed by atoms with Crippen LogP contribution in [0.15, 0.2) is 77.7 Å². The molecule has 9 heteroatoms. The van der Waals surface area contributed by atoms with Gasteiger partial charge < -0.3 is 11.1 Å². The lowest BCUT2D eigenvalue weighted by molar-refractivity contribution is 0.0992. The Morgan fingerprint density at radius 2 is 1.71 bits per heavy atom. The third kappa shape index (κ3) is 4.72. The van der Waals surface area contributed by atoms with Crippen molar-refractivity contribution in [2.75, 3.05) is 16.2 Å². The Bertz CT molecular complexity index is 1230. The van der Waals surface area contributed by atoms with Gasteiger partial charge in [0.05, 0.1) is 16.1 Å². The monoisotopic (exact) mass is 441 g/mol. The summed E-state index contributed by atoms with van der Waals surface area (Å²) in [6, 6.07) is 17.6. The predicted octanol–water partition coefficient (Wildman–Crippen LogP) is 3.39. The van der Waals surface area contributed by atoms with Crippen LogP contribution in [0.3, 0.4) is 0 Å². The molecule has 0 heterocycles. The van der Waals surface area contributed by atoms with Crippen LogP contribution in [-0.2, 0) is 10.0 Å². The van der Waals surface area contributed by atoms with Gasteiger partial charge >= 0.3 is 0 Å². The molecule has 3 aromatic carbocycles. The van der Waals surface area contributed by atoms with Crippen LogP contribution in [0.25, 0.3) is 0 Å². The summed E-state index contributed by atoms with van der Waals surface area (Å²) in [6.07, 6.45) is 0. The molecule has 0 saturated carbocycles. The molecule has 2 amide bonds. The van der Waals surface area contributed by atoms with Crippen molar-refractivity contribution in [3.05, 3.63) is 89.7 Å². The summed E-state index contributed by atoms with van der Waals surface area (Å²) in [7, 11) is -3.91. The molecule has 0 atom stereocenters. The smallest absolute Gasteiger partial charge is 0.264 e. The maximum Gasteiger partial charge on any atom is 0.264 e. The molecular weight excluding hydrogens is 421 g/mol. The van der Waals surface area contributed by atoms with Gasteiger partial charge in [-0.2, -0.15) is 0 Å². The van der Waals surface area contributed by atoms with Crippen molar-refractivity contribution in [2.24, 2.45) is 5.73 Å². The molecule has 0 saturated heterocycles. The van der Waals surface area contributed by atoms with Crippen molar-refractivity contribution < 1.29 is 22.4 Å². The number of primary amides is 1. The molecule has 0 bridgehead atoms. The first kappa shape index (κ1) is 22.0. The molecule has 0 aromatic heterocycles. The lowest BCUT2D eigenvalue weighted by Gasteiger charge is -2.23. The highest BCUT2D eigenvalue weighted by molar-refractivity contribution is 7.92. The summed E-state index contributed by atoms with van der Waals surface area (Å²) < 4.78 is 41.2. The van der Waals surface area contributed by atoms with Crippen LogP contribution in [0.4, 0.5) is 15.8 Å². The van der Waals surface area contributed by atoms with Gasteiger partial charge in [-0.05, 0) is 55.5 Å². The number of para-hydroxylation sites is 1. The molecule has 31 heavy (non-hydrogen) atoms. The molecule has 0 spiro atoms. The second kappa shape index (κ2) is 8.97.